The molecular weight excluding hydrogens is 272 g/mol. The van der Waals surface area contributed by atoms with Gasteiger partial charge in [-0.15, -0.1) is 0 Å². The summed E-state index contributed by atoms with van der Waals surface area (Å²) in [4.78, 5) is 0.133. The zero-order valence-corrected chi connectivity index (χ0v) is 11.3. The summed E-state index contributed by atoms with van der Waals surface area (Å²) in [6, 6.07) is 8.00. The Morgan fingerprint density at radius 1 is 1.22 bits per heavy atom. The first-order chi connectivity index (χ1) is 8.47. The van der Waals surface area contributed by atoms with Gasteiger partial charge < -0.3 is 0 Å². The lowest BCUT2D eigenvalue weighted by molar-refractivity contribution is 0.485. The summed E-state index contributed by atoms with van der Waals surface area (Å²) >= 11 is 5.72. The SMILES string of the molecule is N#CC1(NS(=O)(=O)c2ccc(Cl)cc2)CCCC1. The van der Waals surface area contributed by atoms with Crippen molar-refractivity contribution >= 4 is 21.6 Å². The van der Waals surface area contributed by atoms with Crippen LogP contribution in [0.25, 0.3) is 0 Å². The van der Waals surface area contributed by atoms with E-state index in [-0.39, 0.29) is 4.90 Å². The minimum absolute atomic E-state index is 0.133. The molecule has 18 heavy (non-hydrogen) atoms. The van der Waals surface area contributed by atoms with Crippen molar-refractivity contribution in [2.75, 3.05) is 0 Å². The lowest BCUT2D eigenvalue weighted by Crippen LogP contribution is -2.44. The Kier molecular flexibility index (Phi) is 3.62. The number of nitriles is 1. The zero-order valence-electron chi connectivity index (χ0n) is 9.69. The summed E-state index contributed by atoms with van der Waals surface area (Å²) in [6.45, 7) is 0. The number of sulfonamides is 1. The maximum atomic E-state index is 12.2. The molecule has 6 heteroatoms. The number of halogens is 1. The molecule has 1 fully saturated rings. The third-order valence-corrected chi connectivity index (χ3v) is 4.93. The molecule has 0 unspecified atom stereocenters. The predicted molar refractivity (Wildman–Crippen MR) is 68.6 cm³/mol. The molecule has 0 bridgehead atoms. The molecule has 0 aromatic heterocycles. The average Bonchev–Trinajstić information content (AvgIpc) is 2.78. The molecule has 0 aliphatic heterocycles. The largest absolute Gasteiger partial charge is 0.241 e. The fraction of sp³-hybridized carbons (Fsp3) is 0.417. The smallest absolute Gasteiger partial charge is 0.207 e. The molecule has 1 aromatic rings. The van der Waals surface area contributed by atoms with Crippen molar-refractivity contribution in [2.24, 2.45) is 0 Å². The van der Waals surface area contributed by atoms with Gasteiger partial charge in [0.15, 0.2) is 0 Å². The number of nitrogens with one attached hydrogen (secondary N) is 1. The lowest BCUT2D eigenvalue weighted by Gasteiger charge is -2.21. The van der Waals surface area contributed by atoms with Crippen molar-refractivity contribution < 1.29 is 8.42 Å². The summed E-state index contributed by atoms with van der Waals surface area (Å²) < 4.78 is 26.8. The molecule has 0 spiro atoms. The topological polar surface area (TPSA) is 70.0 Å². The Bertz CT molecular complexity index is 569. The van der Waals surface area contributed by atoms with Crippen LogP contribution in [0, 0.1) is 11.3 Å². The van der Waals surface area contributed by atoms with Crippen LogP contribution in [0.4, 0.5) is 0 Å². The number of hydrogen-bond donors (Lipinski definition) is 1. The molecule has 1 aliphatic rings. The fourth-order valence-corrected chi connectivity index (χ4v) is 3.65. The van der Waals surface area contributed by atoms with Crippen LogP contribution in [0.1, 0.15) is 25.7 Å². The van der Waals surface area contributed by atoms with E-state index in [1.807, 2.05) is 0 Å². The molecular formula is C12H13ClN2O2S. The molecule has 0 atom stereocenters. The molecule has 0 amide bonds. The van der Waals surface area contributed by atoms with Crippen molar-refractivity contribution in [3.05, 3.63) is 29.3 Å². The third kappa shape index (κ3) is 2.66. The molecule has 1 aromatic carbocycles. The standard InChI is InChI=1S/C12H13ClN2O2S/c13-10-3-5-11(6-4-10)18(16,17)15-12(9-14)7-1-2-8-12/h3-6,15H,1-2,7-8H2. The van der Waals surface area contributed by atoms with Gasteiger partial charge in [0.25, 0.3) is 0 Å². The average molecular weight is 285 g/mol. The highest BCUT2D eigenvalue weighted by atomic mass is 35.5. The van der Waals surface area contributed by atoms with Gasteiger partial charge in [-0.25, -0.2) is 8.42 Å². The lowest BCUT2D eigenvalue weighted by atomic mass is 10.0. The van der Waals surface area contributed by atoms with E-state index in [1.165, 1.54) is 24.3 Å². The molecule has 0 saturated heterocycles. The molecule has 2 rings (SSSR count). The van der Waals surface area contributed by atoms with E-state index >= 15 is 0 Å². The molecule has 96 valence electrons. The van der Waals surface area contributed by atoms with Crippen LogP contribution in [0.15, 0.2) is 29.2 Å². The maximum Gasteiger partial charge on any atom is 0.241 e. The second-order valence-corrected chi connectivity index (χ2v) is 6.58. The van der Waals surface area contributed by atoms with E-state index in [1.54, 1.807) is 0 Å². The summed E-state index contributed by atoms with van der Waals surface area (Å²) in [7, 11) is -3.66. The van der Waals surface area contributed by atoms with E-state index in [0.29, 0.717) is 17.9 Å². The van der Waals surface area contributed by atoms with Crippen molar-refractivity contribution in [3.8, 4) is 6.07 Å². The van der Waals surface area contributed by atoms with Gasteiger partial charge >= 0.3 is 0 Å². The third-order valence-electron chi connectivity index (χ3n) is 3.12. The number of rotatable bonds is 3. The summed E-state index contributed by atoms with van der Waals surface area (Å²) in [5, 5.41) is 9.65. The van der Waals surface area contributed by atoms with Gasteiger partial charge in [0, 0.05) is 5.02 Å². The van der Waals surface area contributed by atoms with Crippen LogP contribution in [-0.4, -0.2) is 14.0 Å². The first kappa shape index (κ1) is 13.3. The quantitative estimate of drug-likeness (QED) is 0.927. The molecule has 1 saturated carbocycles. The minimum Gasteiger partial charge on any atom is -0.207 e. The normalized spacial score (nSPS) is 18.4. The van der Waals surface area contributed by atoms with Crippen LogP contribution in [-0.2, 0) is 10.0 Å². The number of benzene rings is 1. The van der Waals surface area contributed by atoms with Gasteiger partial charge in [-0.05, 0) is 37.1 Å². The summed E-state index contributed by atoms with van der Waals surface area (Å²) in [6.07, 6.45) is 2.88. The predicted octanol–water partition coefficient (Wildman–Crippen LogP) is 2.45. The van der Waals surface area contributed by atoms with Gasteiger partial charge in [-0.2, -0.15) is 9.98 Å². The van der Waals surface area contributed by atoms with Gasteiger partial charge in [-0.3, -0.25) is 0 Å². The van der Waals surface area contributed by atoms with E-state index < -0.39 is 15.6 Å². The second kappa shape index (κ2) is 4.88. The maximum absolute atomic E-state index is 12.2. The Hall–Kier alpha value is -1.09. The van der Waals surface area contributed by atoms with E-state index in [9.17, 15) is 13.7 Å². The van der Waals surface area contributed by atoms with Gasteiger partial charge in [-0.1, -0.05) is 24.4 Å². The Balaban J connectivity index is 2.27. The first-order valence-corrected chi connectivity index (χ1v) is 7.54. The molecule has 1 aliphatic carbocycles. The molecule has 0 radical (unpaired) electrons. The summed E-state index contributed by atoms with van der Waals surface area (Å²) in [5.74, 6) is 0. The highest BCUT2D eigenvalue weighted by Gasteiger charge is 2.38. The van der Waals surface area contributed by atoms with Crippen molar-refractivity contribution in [1.82, 2.24) is 4.72 Å². The van der Waals surface area contributed by atoms with Crippen molar-refractivity contribution in [1.29, 1.82) is 5.26 Å². The van der Waals surface area contributed by atoms with Crippen LogP contribution < -0.4 is 4.72 Å². The van der Waals surface area contributed by atoms with E-state index in [2.05, 4.69) is 10.8 Å². The van der Waals surface area contributed by atoms with Crippen LogP contribution >= 0.6 is 11.6 Å². The van der Waals surface area contributed by atoms with Gasteiger partial charge in [0.05, 0.1) is 11.0 Å². The van der Waals surface area contributed by atoms with Gasteiger partial charge in [0.1, 0.15) is 5.54 Å². The van der Waals surface area contributed by atoms with E-state index in [0.717, 1.165) is 12.8 Å². The van der Waals surface area contributed by atoms with Crippen molar-refractivity contribution in [3.63, 3.8) is 0 Å². The first-order valence-electron chi connectivity index (χ1n) is 5.68. The summed E-state index contributed by atoms with van der Waals surface area (Å²) in [5.41, 5.74) is -0.946. The Morgan fingerprint density at radius 3 is 2.28 bits per heavy atom. The Labute approximate surface area is 112 Å². The number of hydrogen-bond acceptors (Lipinski definition) is 3. The van der Waals surface area contributed by atoms with Crippen LogP contribution in [0.5, 0.6) is 0 Å². The Morgan fingerprint density at radius 2 is 1.78 bits per heavy atom. The second-order valence-electron chi connectivity index (χ2n) is 4.46. The molecule has 1 N–H and O–H groups in total. The van der Waals surface area contributed by atoms with Crippen LogP contribution in [0.3, 0.4) is 0 Å². The van der Waals surface area contributed by atoms with Crippen molar-refractivity contribution in [2.45, 2.75) is 36.1 Å². The highest BCUT2D eigenvalue weighted by Crippen LogP contribution is 2.30. The molecule has 4 nitrogen and oxygen atoms in total. The van der Waals surface area contributed by atoms with Crippen LogP contribution in [0.2, 0.25) is 5.02 Å². The molecule has 0 heterocycles. The minimum atomic E-state index is -3.66. The highest BCUT2D eigenvalue weighted by molar-refractivity contribution is 7.89. The number of nitrogens with zero attached hydrogens (tertiary/aromatic N) is 1. The zero-order chi connectivity index (χ0) is 13.2. The van der Waals surface area contributed by atoms with Gasteiger partial charge in [0.2, 0.25) is 10.0 Å². The van der Waals surface area contributed by atoms with E-state index in [4.69, 9.17) is 11.6 Å². The fourth-order valence-electron chi connectivity index (χ4n) is 2.15. The monoisotopic (exact) mass is 284 g/mol.